The molecule has 4 aliphatic carbocycles. The van der Waals surface area contributed by atoms with E-state index in [1.165, 1.54) is 11.1 Å². The zero-order chi connectivity index (χ0) is 26.0. The normalized spacial score (nSPS) is 33.2. The lowest BCUT2D eigenvalue weighted by Gasteiger charge is -2.55. The summed E-state index contributed by atoms with van der Waals surface area (Å²) in [7, 11) is 0. The van der Waals surface area contributed by atoms with E-state index in [-0.39, 0.29) is 30.0 Å². The third-order valence-electron chi connectivity index (χ3n) is 9.87. The van der Waals surface area contributed by atoms with E-state index in [9.17, 15) is 9.90 Å². The van der Waals surface area contributed by atoms with Crippen molar-refractivity contribution in [2.45, 2.75) is 69.3 Å². The lowest BCUT2D eigenvalue weighted by atomic mass is 9.50. The Hall–Kier alpha value is -3.10. The Balaban J connectivity index is 1.54. The second kappa shape index (κ2) is 8.46. The second-order valence-electron chi connectivity index (χ2n) is 11.5. The maximum atomic E-state index is 15.3. The number of aromatic nitrogens is 1. The van der Waals surface area contributed by atoms with E-state index >= 15 is 8.78 Å². The fraction of sp³-hybridized carbons (Fsp3) is 0.438. The number of carbonyl (C=O) groups is 1. The molecule has 0 radical (unpaired) electrons. The Labute approximate surface area is 216 Å². The topological polar surface area (TPSA) is 50.2 Å². The van der Waals surface area contributed by atoms with Crippen molar-refractivity contribution in [1.82, 2.24) is 4.98 Å². The summed E-state index contributed by atoms with van der Waals surface area (Å²) >= 11 is 0. The molecule has 37 heavy (non-hydrogen) atoms. The number of hydrogen-bond acceptors (Lipinski definition) is 3. The Morgan fingerprint density at radius 1 is 1.14 bits per heavy atom. The van der Waals surface area contributed by atoms with Gasteiger partial charge in [-0.25, -0.2) is 0 Å². The fourth-order valence-corrected chi connectivity index (χ4v) is 8.07. The minimum Gasteiger partial charge on any atom is -0.382 e. The lowest BCUT2D eigenvalue weighted by molar-refractivity contribution is -0.209. The van der Waals surface area contributed by atoms with Gasteiger partial charge in [0.25, 0.3) is 0 Å². The van der Waals surface area contributed by atoms with Crippen LogP contribution >= 0.6 is 0 Å². The number of nitrogens with zero attached hydrogens (tertiary/aromatic N) is 1. The van der Waals surface area contributed by atoms with Crippen LogP contribution in [0.25, 0.3) is 11.1 Å². The molecule has 1 N–H and O–H groups in total. The summed E-state index contributed by atoms with van der Waals surface area (Å²) in [4.78, 5) is 16.5. The van der Waals surface area contributed by atoms with Crippen LogP contribution in [0.2, 0.25) is 0 Å². The van der Waals surface area contributed by atoms with Crippen molar-refractivity contribution in [3.8, 4) is 23.5 Å². The molecule has 0 saturated heterocycles. The molecule has 2 saturated carbocycles. The Bertz CT molecular complexity index is 1370. The third-order valence-corrected chi connectivity index (χ3v) is 9.87. The highest BCUT2D eigenvalue weighted by Gasteiger charge is 2.71. The number of rotatable bonds is 3. The number of carbonyl (C=O) groups excluding carboxylic acids is 1. The molecule has 5 heteroatoms. The van der Waals surface area contributed by atoms with Crippen LogP contribution in [0.3, 0.4) is 0 Å². The summed E-state index contributed by atoms with van der Waals surface area (Å²) in [5.41, 5.74) is 3.40. The number of terminal acetylenes is 1. The number of allylic oxidation sites excluding steroid dienone is 4. The first-order valence-electron chi connectivity index (χ1n) is 13.2. The average Bonchev–Trinajstić information content (AvgIpc) is 3.20. The monoisotopic (exact) mass is 499 g/mol. The summed E-state index contributed by atoms with van der Waals surface area (Å²) in [6, 6.07) is 12.1. The molecule has 1 aromatic carbocycles. The molecule has 1 aromatic heterocycles. The number of benzene rings is 1. The van der Waals surface area contributed by atoms with Crippen molar-refractivity contribution in [3.05, 3.63) is 77.2 Å². The van der Waals surface area contributed by atoms with Gasteiger partial charge in [-0.2, -0.15) is 8.78 Å². The quantitative estimate of drug-likeness (QED) is 0.481. The maximum Gasteiger partial charge on any atom is 0.336 e. The van der Waals surface area contributed by atoms with Crippen LogP contribution in [0.1, 0.15) is 63.4 Å². The molecule has 0 bridgehead atoms. The van der Waals surface area contributed by atoms with Crippen LogP contribution in [0.5, 0.6) is 0 Å². The standard InChI is InChI=1S/C32H31F2NO2/c1-3-32(33,34)31(37)14-13-28-26-11-9-22-17-24(36)10-12-25(22)29(26)27(18-30(28,31)2)21-7-4-6-20(16-21)23-8-5-15-35-19-23/h1,4-8,15-17,19,26-28,37H,9-14,18H2,2H3/t26?,27-,28?,30+,31+/m1/s1. The van der Waals surface area contributed by atoms with Gasteiger partial charge in [-0.1, -0.05) is 42.8 Å². The first-order chi connectivity index (χ1) is 17.7. The predicted molar refractivity (Wildman–Crippen MR) is 139 cm³/mol. The van der Waals surface area contributed by atoms with Crippen molar-refractivity contribution in [3.63, 3.8) is 0 Å². The van der Waals surface area contributed by atoms with E-state index in [1.54, 1.807) is 18.2 Å². The van der Waals surface area contributed by atoms with Crippen LogP contribution in [0.4, 0.5) is 8.78 Å². The SMILES string of the molecule is C#CC(F)(F)[C@]1(O)CCC2C3CCC4=CC(=O)CCC4=C3[C@@H](c3cccc(-c4cccnc4)c3)C[C@@]21C. The Kier molecular flexibility index (Phi) is 5.55. The molecule has 1 heterocycles. The van der Waals surface area contributed by atoms with Gasteiger partial charge in [0.2, 0.25) is 0 Å². The fourth-order valence-electron chi connectivity index (χ4n) is 8.07. The molecule has 190 valence electrons. The van der Waals surface area contributed by atoms with Crippen molar-refractivity contribution >= 4 is 5.78 Å². The van der Waals surface area contributed by atoms with Crippen molar-refractivity contribution in [2.24, 2.45) is 17.3 Å². The van der Waals surface area contributed by atoms with Gasteiger partial charge in [0, 0.05) is 30.1 Å². The van der Waals surface area contributed by atoms with E-state index in [0.717, 1.165) is 35.1 Å². The van der Waals surface area contributed by atoms with Crippen molar-refractivity contribution < 1.29 is 18.7 Å². The molecule has 4 aliphatic rings. The maximum absolute atomic E-state index is 15.3. The highest BCUT2D eigenvalue weighted by atomic mass is 19.3. The van der Waals surface area contributed by atoms with E-state index in [4.69, 9.17) is 6.42 Å². The highest BCUT2D eigenvalue weighted by Crippen LogP contribution is 2.69. The van der Waals surface area contributed by atoms with Gasteiger partial charge in [0.15, 0.2) is 5.78 Å². The molecular formula is C32H31F2NO2. The van der Waals surface area contributed by atoms with E-state index in [2.05, 4.69) is 17.1 Å². The second-order valence-corrected chi connectivity index (χ2v) is 11.5. The smallest absolute Gasteiger partial charge is 0.336 e. The van der Waals surface area contributed by atoms with Gasteiger partial charge in [-0.15, -0.1) is 6.42 Å². The van der Waals surface area contributed by atoms with Crippen LogP contribution < -0.4 is 0 Å². The number of ketones is 1. The number of halogens is 2. The molecule has 2 aromatic rings. The summed E-state index contributed by atoms with van der Waals surface area (Å²) in [5, 5.41) is 11.7. The highest BCUT2D eigenvalue weighted by molar-refractivity contribution is 5.93. The molecule has 2 unspecified atom stereocenters. The zero-order valence-corrected chi connectivity index (χ0v) is 21.0. The molecule has 6 rings (SSSR count). The Morgan fingerprint density at radius 2 is 1.95 bits per heavy atom. The third kappa shape index (κ3) is 3.49. The van der Waals surface area contributed by atoms with Crippen molar-refractivity contribution in [1.29, 1.82) is 0 Å². The number of alkyl halides is 2. The lowest BCUT2D eigenvalue weighted by Crippen LogP contribution is -2.60. The Morgan fingerprint density at radius 3 is 2.70 bits per heavy atom. The van der Waals surface area contributed by atoms with E-state index in [0.29, 0.717) is 25.7 Å². The summed E-state index contributed by atoms with van der Waals surface area (Å²) in [6.07, 6.45) is 14.3. The zero-order valence-electron chi connectivity index (χ0n) is 21.0. The van der Waals surface area contributed by atoms with Gasteiger partial charge in [-0.05, 0) is 96.3 Å². The van der Waals surface area contributed by atoms with Crippen LogP contribution in [0.15, 0.2) is 71.6 Å². The molecule has 0 spiro atoms. The van der Waals surface area contributed by atoms with Crippen LogP contribution in [-0.4, -0.2) is 27.4 Å². The van der Waals surface area contributed by atoms with E-state index in [1.807, 2.05) is 37.4 Å². The molecule has 5 atom stereocenters. The minimum atomic E-state index is -3.61. The first kappa shape index (κ1) is 24.2. The number of pyridine rings is 1. The van der Waals surface area contributed by atoms with E-state index < -0.39 is 16.9 Å². The van der Waals surface area contributed by atoms with Crippen LogP contribution in [0, 0.1) is 29.6 Å². The molecular weight excluding hydrogens is 468 g/mol. The van der Waals surface area contributed by atoms with Crippen molar-refractivity contribution in [2.75, 3.05) is 0 Å². The van der Waals surface area contributed by atoms with Crippen LogP contribution in [-0.2, 0) is 4.79 Å². The minimum absolute atomic E-state index is 0.00585. The predicted octanol–water partition coefficient (Wildman–Crippen LogP) is 6.65. The van der Waals surface area contributed by atoms with Gasteiger partial charge in [0.1, 0.15) is 5.60 Å². The molecule has 0 aliphatic heterocycles. The molecule has 0 amide bonds. The molecule has 2 fully saturated rings. The number of fused-ring (bicyclic) bond motifs is 4. The molecule has 3 nitrogen and oxygen atoms in total. The van der Waals surface area contributed by atoms with Gasteiger partial charge in [-0.3, -0.25) is 9.78 Å². The number of hydrogen-bond donors (Lipinski definition) is 1. The summed E-state index contributed by atoms with van der Waals surface area (Å²) < 4.78 is 30.5. The van der Waals surface area contributed by atoms with Gasteiger partial charge < -0.3 is 5.11 Å². The van der Waals surface area contributed by atoms with Gasteiger partial charge in [0.05, 0.1) is 0 Å². The largest absolute Gasteiger partial charge is 0.382 e. The average molecular weight is 500 g/mol. The number of aliphatic hydroxyl groups is 1. The summed E-state index contributed by atoms with van der Waals surface area (Å²) in [5.74, 6) is -1.96. The summed E-state index contributed by atoms with van der Waals surface area (Å²) in [6.45, 7) is 1.84. The first-order valence-corrected chi connectivity index (χ1v) is 13.2. The van der Waals surface area contributed by atoms with Gasteiger partial charge >= 0.3 is 5.92 Å².